The molecule has 0 spiro atoms. The number of nitrogens with zero attached hydrogens (tertiary/aromatic N) is 4. The van der Waals surface area contributed by atoms with Gasteiger partial charge in [0.25, 0.3) is 5.91 Å². The number of ether oxygens (including phenoxy) is 3. The second-order valence-electron chi connectivity index (χ2n) is 18.4. The van der Waals surface area contributed by atoms with Gasteiger partial charge in [-0.05, 0) is 118 Å². The van der Waals surface area contributed by atoms with E-state index in [0.29, 0.717) is 68.8 Å². The van der Waals surface area contributed by atoms with Gasteiger partial charge in [0, 0.05) is 57.4 Å². The fraction of sp³-hybridized carbons (Fsp3) is 0.481. The van der Waals surface area contributed by atoms with E-state index in [4.69, 9.17) is 24.7 Å². The van der Waals surface area contributed by atoms with Gasteiger partial charge in [-0.1, -0.05) is 59.6 Å². The number of morpholine rings is 1. The number of amides is 3. The zero-order chi connectivity index (χ0) is 49.9. The number of benzene rings is 4. The number of phenols is 2. The van der Waals surface area contributed by atoms with Crippen LogP contribution in [0, 0.1) is 12.3 Å². The number of para-hydroxylation sites is 1. The van der Waals surface area contributed by atoms with Crippen LogP contribution in [0.15, 0.2) is 84.9 Å². The van der Waals surface area contributed by atoms with Gasteiger partial charge in [0.1, 0.15) is 29.6 Å². The maximum atomic E-state index is 14.8. The number of aryl methyl sites for hydroxylation is 1. The molecule has 2 unspecified atom stereocenters. The molecule has 0 aromatic heterocycles. The van der Waals surface area contributed by atoms with Crippen molar-refractivity contribution in [2.45, 2.75) is 109 Å². The first-order valence-electron chi connectivity index (χ1n) is 23.8. The predicted octanol–water partition coefficient (Wildman–Crippen LogP) is 7.41. The van der Waals surface area contributed by atoms with Crippen molar-refractivity contribution >= 4 is 48.1 Å². The Hall–Kier alpha value is -5.77. The minimum atomic E-state index is -2.02. The predicted molar refractivity (Wildman–Crippen MR) is 267 cm³/mol. The molecule has 17 heteroatoms. The van der Waals surface area contributed by atoms with Crippen LogP contribution < -0.4 is 5.32 Å². The van der Waals surface area contributed by atoms with Crippen LogP contribution in [-0.4, -0.2) is 149 Å². The summed E-state index contributed by atoms with van der Waals surface area (Å²) in [6.07, 6.45) is 2.18. The Morgan fingerprint density at radius 1 is 0.942 bits per heavy atom. The van der Waals surface area contributed by atoms with Gasteiger partial charge < -0.3 is 44.9 Å². The van der Waals surface area contributed by atoms with Crippen molar-refractivity contribution in [2.75, 3.05) is 53.2 Å². The summed E-state index contributed by atoms with van der Waals surface area (Å²) in [5.74, 6) is -1.03. The number of likely N-dealkylation sites (N-methyl/N-ethyl adjacent to an activating group) is 1. The number of esters is 1. The zero-order valence-electron chi connectivity index (χ0n) is 40.8. The summed E-state index contributed by atoms with van der Waals surface area (Å²) in [4.78, 5) is 61.1. The van der Waals surface area contributed by atoms with E-state index in [1.165, 1.54) is 4.67 Å². The summed E-state index contributed by atoms with van der Waals surface area (Å²) in [6, 6.07) is 22.1. The van der Waals surface area contributed by atoms with Gasteiger partial charge in [0.2, 0.25) is 11.8 Å². The normalized spacial score (nSPS) is 21.8. The second-order valence-corrected chi connectivity index (χ2v) is 20.4. The summed E-state index contributed by atoms with van der Waals surface area (Å²) in [5, 5.41) is 32.2. The SMILES string of the molecule is CCCOC(=O)[C@H](C)N(C)[P+](=O)C(C)c1ccc2ccc(C(=O)N[C@H]3CN(COCC(=N)c4cc(C)ccc4O)CC[C@H]4CC[C@@H](C(=O)N5C[C@@H](C)O[C@@H](C)C5)N4C3=O)cc2c1.Oc1ccccc1.[HH]. The highest BCUT2D eigenvalue weighted by Gasteiger charge is 2.47. The summed E-state index contributed by atoms with van der Waals surface area (Å²) in [7, 11) is -0.375. The topological polar surface area (TPSA) is 202 Å². The number of rotatable bonds is 15. The number of carbonyl (C=O) groups excluding carboxylic acids is 4. The van der Waals surface area contributed by atoms with E-state index >= 15 is 0 Å². The third-order valence-corrected chi connectivity index (χ3v) is 14.9. The Labute approximate surface area is 407 Å². The zero-order valence-corrected chi connectivity index (χ0v) is 41.7. The molecule has 3 saturated heterocycles. The minimum absolute atomic E-state index is 0. The monoisotopic (exact) mass is 969 g/mol. The Morgan fingerprint density at radius 3 is 2.33 bits per heavy atom. The Balaban J connectivity index is 0.00000105. The smallest absolute Gasteiger partial charge is 0.443 e. The number of phenolic OH excluding ortho intramolecular Hbond substituents is 2. The number of hydrogen-bond donors (Lipinski definition) is 4. The van der Waals surface area contributed by atoms with Crippen molar-refractivity contribution in [3.8, 4) is 11.5 Å². The van der Waals surface area contributed by atoms with Crippen LogP contribution in [0.2, 0.25) is 0 Å². The molecule has 0 saturated carbocycles. The number of nitrogens with one attached hydrogen (secondary N) is 2. The molecule has 8 atom stereocenters. The number of fused-ring (bicyclic) bond motifs is 2. The molecule has 4 N–H and O–H groups in total. The van der Waals surface area contributed by atoms with Crippen molar-refractivity contribution in [3.05, 3.63) is 107 Å². The summed E-state index contributed by atoms with van der Waals surface area (Å²) in [6.45, 7) is 13.0. The highest BCUT2D eigenvalue weighted by Crippen LogP contribution is 2.45. The molecule has 3 aliphatic rings. The quantitative estimate of drug-likeness (QED) is 0.0523. The molecule has 3 amide bonds. The van der Waals surface area contributed by atoms with E-state index in [0.717, 1.165) is 21.9 Å². The van der Waals surface area contributed by atoms with E-state index in [-0.39, 0.29) is 62.8 Å². The van der Waals surface area contributed by atoms with Crippen LogP contribution in [0.25, 0.3) is 10.8 Å². The third kappa shape index (κ3) is 13.5. The van der Waals surface area contributed by atoms with Gasteiger partial charge in [0.05, 0.1) is 37.9 Å². The third-order valence-electron chi connectivity index (χ3n) is 13.0. The van der Waals surface area contributed by atoms with Crippen LogP contribution in [0.3, 0.4) is 0 Å². The molecular weight excluding hydrogens is 900 g/mol. The Bertz CT molecular complexity index is 2470. The first-order valence-corrected chi connectivity index (χ1v) is 25.1. The lowest BCUT2D eigenvalue weighted by atomic mass is 10.0. The van der Waals surface area contributed by atoms with Crippen LogP contribution in [0.4, 0.5) is 0 Å². The fourth-order valence-corrected chi connectivity index (χ4v) is 10.5. The summed E-state index contributed by atoms with van der Waals surface area (Å²) >= 11 is 0. The first-order chi connectivity index (χ1) is 32.9. The van der Waals surface area contributed by atoms with Crippen molar-refractivity contribution in [1.29, 1.82) is 5.41 Å². The summed E-state index contributed by atoms with van der Waals surface area (Å²) < 4.78 is 32.4. The fourth-order valence-electron chi connectivity index (χ4n) is 9.10. The molecule has 69 heavy (non-hydrogen) atoms. The summed E-state index contributed by atoms with van der Waals surface area (Å²) in [5.41, 5.74) is 2.05. The van der Waals surface area contributed by atoms with Crippen LogP contribution in [0.1, 0.15) is 94.4 Å². The lowest BCUT2D eigenvalue weighted by Gasteiger charge is -2.41. The number of carbonyl (C=O) groups is 4. The molecule has 0 aliphatic carbocycles. The van der Waals surface area contributed by atoms with E-state index in [1.54, 1.807) is 78.4 Å². The molecule has 4 aromatic rings. The van der Waals surface area contributed by atoms with Gasteiger partial charge in [0.15, 0.2) is 5.66 Å². The van der Waals surface area contributed by atoms with Gasteiger partial charge in [-0.2, -0.15) is 0 Å². The standard InChI is InChI=1S/C46H61N6O9P.C6H6O.H2/c1-8-19-60-46(57)31(5)49(7)62(58)32(6)34-12-10-33-11-13-35(22-36(33)21-34)43(54)48-40-25-50(27-59-26-39(47)38-20-28(2)9-16-42(38)53)18-17-37-14-15-41(52(37)44(40)55)45(56)51-23-29(3)61-30(4)24-51;7-6-4-2-1-3-5-6;/h9-13,16,20-22,29-32,37,40-41H,8,14-15,17-19,23-27H2,1-7H3,(H2-,47,48,53,54);1-5,7H;1H/p+1/t29-,30+,31-,32?,37+,40-,41-;;/m0../s1. The molecule has 4 aromatic carbocycles. The van der Waals surface area contributed by atoms with Gasteiger partial charge in [-0.3, -0.25) is 24.1 Å². The molecule has 3 fully saturated rings. The minimum Gasteiger partial charge on any atom is -0.508 e. The highest BCUT2D eigenvalue weighted by molar-refractivity contribution is 7.42. The van der Waals surface area contributed by atoms with E-state index < -0.39 is 43.6 Å². The maximum absolute atomic E-state index is 14.8. The maximum Gasteiger partial charge on any atom is 0.443 e. The van der Waals surface area contributed by atoms with Crippen LogP contribution in [0.5, 0.6) is 11.5 Å². The molecule has 16 nitrogen and oxygen atoms in total. The molecule has 3 aliphatic heterocycles. The molecule has 0 radical (unpaired) electrons. The highest BCUT2D eigenvalue weighted by atomic mass is 31.1. The largest absolute Gasteiger partial charge is 0.508 e. The molecule has 7 rings (SSSR count). The van der Waals surface area contributed by atoms with Crippen molar-refractivity contribution in [2.24, 2.45) is 0 Å². The molecular formula is C52H70N6O10P+. The van der Waals surface area contributed by atoms with Crippen molar-refractivity contribution in [1.82, 2.24) is 24.7 Å². The lowest BCUT2D eigenvalue weighted by molar-refractivity contribution is -0.154. The van der Waals surface area contributed by atoms with Gasteiger partial charge >= 0.3 is 13.9 Å². The molecule has 3 heterocycles. The first kappa shape index (κ1) is 52.6. The van der Waals surface area contributed by atoms with Crippen molar-refractivity contribution < 1.29 is 49.6 Å². The molecule has 372 valence electrons. The van der Waals surface area contributed by atoms with Crippen LogP contribution >= 0.6 is 7.95 Å². The Kier molecular flexibility index (Phi) is 18.4. The van der Waals surface area contributed by atoms with Crippen LogP contribution in [-0.2, 0) is 33.2 Å². The van der Waals surface area contributed by atoms with Gasteiger partial charge in [-0.25, -0.2) is 0 Å². The van der Waals surface area contributed by atoms with E-state index in [9.17, 15) is 28.8 Å². The second kappa shape index (κ2) is 24.2. The lowest BCUT2D eigenvalue weighted by Crippen LogP contribution is -2.62. The number of aromatic hydroxyl groups is 2. The Morgan fingerprint density at radius 2 is 1.65 bits per heavy atom. The van der Waals surface area contributed by atoms with E-state index in [2.05, 4.69) is 5.32 Å². The molecule has 0 bridgehead atoms. The number of hydrogen-bond acceptors (Lipinski definition) is 12. The average Bonchev–Trinajstić information content (AvgIpc) is 3.76. The van der Waals surface area contributed by atoms with Crippen molar-refractivity contribution in [3.63, 3.8) is 0 Å². The van der Waals surface area contributed by atoms with E-state index in [1.807, 2.05) is 69.9 Å². The van der Waals surface area contributed by atoms with Gasteiger partial charge in [-0.15, -0.1) is 0 Å². The average molecular weight is 970 g/mol.